The van der Waals surface area contributed by atoms with Crippen LogP contribution in [0.5, 0.6) is 0 Å². The number of methoxy groups -OCH3 is 1. The van der Waals surface area contributed by atoms with Gasteiger partial charge in [-0.15, -0.1) is 0 Å². The Balaban J connectivity index is 1.97. The third-order valence-electron chi connectivity index (χ3n) is 5.01. The van der Waals surface area contributed by atoms with Crippen LogP contribution >= 0.6 is 0 Å². The predicted octanol–water partition coefficient (Wildman–Crippen LogP) is 1.57. The van der Waals surface area contributed by atoms with Crippen LogP contribution in [0.3, 0.4) is 0 Å². The highest BCUT2D eigenvalue weighted by molar-refractivity contribution is 5.88. The Bertz CT molecular complexity index is 636. The van der Waals surface area contributed by atoms with Crippen LogP contribution in [0.2, 0.25) is 0 Å². The zero-order valence-electron chi connectivity index (χ0n) is 13.3. The molecule has 0 spiro atoms. The maximum absolute atomic E-state index is 14.2. The molecule has 0 aromatic heterocycles. The molecule has 5 nitrogen and oxygen atoms in total. The minimum atomic E-state index is -1.40. The van der Waals surface area contributed by atoms with Gasteiger partial charge < -0.3 is 15.0 Å². The van der Waals surface area contributed by atoms with Gasteiger partial charge in [0.2, 0.25) is 5.91 Å². The van der Waals surface area contributed by atoms with Crippen LogP contribution in [0.1, 0.15) is 31.7 Å². The summed E-state index contributed by atoms with van der Waals surface area (Å²) in [4.78, 5) is 26.7. The summed E-state index contributed by atoms with van der Waals surface area (Å²) in [7, 11) is 1.41. The van der Waals surface area contributed by atoms with Crippen molar-refractivity contribution < 1.29 is 18.7 Å². The van der Waals surface area contributed by atoms with Gasteiger partial charge in [0.1, 0.15) is 5.82 Å². The fourth-order valence-electron chi connectivity index (χ4n) is 3.62. The van der Waals surface area contributed by atoms with Crippen molar-refractivity contribution in [1.29, 1.82) is 0 Å². The highest BCUT2D eigenvalue weighted by Crippen LogP contribution is 2.36. The van der Waals surface area contributed by atoms with Crippen molar-refractivity contribution >= 4 is 11.8 Å². The fraction of sp³-hybridized carbons (Fsp3) is 0.529. The maximum atomic E-state index is 14.2. The average molecular weight is 320 g/mol. The van der Waals surface area contributed by atoms with Crippen molar-refractivity contribution in [2.45, 2.75) is 43.9 Å². The van der Waals surface area contributed by atoms with Crippen molar-refractivity contribution in [3.05, 3.63) is 35.6 Å². The Morgan fingerprint density at radius 2 is 2.04 bits per heavy atom. The van der Waals surface area contributed by atoms with Crippen molar-refractivity contribution in [1.82, 2.24) is 10.2 Å². The van der Waals surface area contributed by atoms with E-state index in [1.807, 2.05) is 0 Å². The highest BCUT2D eigenvalue weighted by atomic mass is 19.1. The fourth-order valence-corrected chi connectivity index (χ4v) is 3.62. The lowest BCUT2D eigenvalue weighted by molar-refractivity contribution is -0.157. The Labute approximate surface area is 134 Å². The van der Waals surface area contributed by atoms with Crippen LogP contribution in [0, 0.1) is 5.82 Å². The van der Waals surface area contributed by atoms with E-state index >= 15 is 0 Å². The molecule has 6 heteroatoms. The van der Waals surface area contributed by atoms with Gasteiger partial charge in [0.05, 0.1) is 0 Å². The number of nitrogens with one attached hydrogen (secondary N) is 1. The number of amides is 2. The monoisotopic (exact) mass is 320 g/mol. The lowest BCUT2D eigenvalue weighted by Crippen LogP contribution is -2.52. The molecule has 1 aromatic carbocycles. The van der Waals surface area contributed by atoms with Crippen LogP contribution in [0.25, 0.3) is 0 Å². The number of carbonyl (C=O) groups excluding carboxylic acids is 2. The standard InChI is InChI=1S/C17H21FN2O3/c1-17(23-2,13-5-3-4-6-14(13)18)16(22)20-11-7-8-12(20)10-19-15(21)9-11/h3-6,11-12H,7-10H2,1-2H3,(H,19,21). The van der Waals surface area contributed by atoms with Crippen LogP contribution in [-0.4, -0.2) is 42.5 Å². The topological polar surface area (TPSA) is 58.6 Å². The summed E-state index contributed by atoms with van der Waals surface area (Å²) in [5.74, 6) is -0.796. The van der Waals surface area contributed by atoms with Gasteiger partial charge in [-0.05, 0) is 25.8 Å². The van der Waals surface area contributed by atoms with Gasteiger partial charge in [-0.25, -0.2) is 4.39 Å². The largest absolute Gasteiger partial charge is 0.364 e. The molecule has 2 aliphatic rings. The highest BCUT2D eigenvalue weighted by Gasteiger charge is 2.48. The Morgan fingerprint density at radius 3 is 2.74 bits per heavy atom. The number of fused-ring (bicyclic) bond motifs is 2. The molecule has 2 amide bonds. The maximum Gasteiger partial charge on any atom is 0.259 e. The molecule has 2 aliphatic heterocycles. The molecule has 3 unspecified atom stereocenters. The molecule has 0 radical (unpaired) electrons. The summed E-state index contributed by atoms with van der Waals surface area (Å²) < 4.78 is 19.7. The molecule has 0 saturated carbocycles. The summed E-state index contributed by atoms with van der Waals surface area (Å²) in [6.07, 6.45) is 1.92. The van der Waals surface area contributed by atoms with Crippen LogP contribution in [0.15, 0.2) is 24.3 Å². The summed E-state index contributed by atoms with van der Waals surface area (Å²) in [5.41, 5.74) is -1.19. The van der Waals surface area contributed by atoms with Gasteiger partial charge in [-0.3, -0.25) is 9.59 Å². The second-order valence-corrected chi connectivity index (χ2v) is 6.32. The van der Waals surface area contributed by atoms with Gasteiger partial charge in [0, 0.05) is 37.7 Å². The first-order chi connectivity index (χ1) is 11.0. The van der Waals surface area contributed by atoms with E-state index in [-0.39, 0.29) is 29.5 Å². The first kappa shape index (κ1) is 15.9. The minimum absolute atomic E-state index is 0.0417. The SMILES string of the molecule is COC(C)(C(=O)N1C2CCC1CC(=O)NC2)c1ccccc1F. The number of nitrogens with zero attached hydrogens (tertiary/aromatic N) is 1. The second-order valence-electron chi connectivity index (χ2n) is 6.32. The Kier molecular flexibility index (Phi) is 4.10. The van der Waals surface area contributed by atoms with E-state index in [4.69, 9.17) is 4.74 Å². The second kappa shape index (κ2) is 5.92. The molecule has 2 bridgehead atoms. The van der Waals surface area contributed by atoms with Crippen LogP contribution in [0.4, 0.5) is 4.39 Å². The molecule has 3 rings (SSSR count). The summed E-state index contributed by atoms with van der Waals surface area (Å²) >= 11 is 0. The van der Waals surface area contributed by atoms with Gasteiger partial charge in [0.15, 0.2) is 5.60 Å². The molecule has 2 saturated heterocycles. The lowest BCUT2D eigenvalue weighted by Gasteiger charge is -2.36. The molecular weight excluding hydrogens is 299 g/mol. The number of carbonyl (C=O) groups is 2. The molecule has 23 heavy (non-hydrogen) atoms. The van der Waals surface area contributed by atoms with E-state index in [0.29, 0.717) is 13.0 Å². The van der Waals surface area contributed by atoms with Gasteiger partial charge in [0.25, 0.3) is 5.91 Å². The lowest BCUT2D eigenvalue weighted by atomic mass is 9.92. The summed E-state index contributed by atoms with van der Waals surface area (Å²) in [6, 6.07) is 5.96. The number of rotatable bonds is 3. The number of hydrogen-bond donors (Lipinski definition) is 1. The third kappa shape index (κ3) is 2.61. The Morgan fingerprint density at radius 1 is 1.35 bits per heavy atom. The molecule has 3 atom stereocenters. The van der Waals surface area contributed by atoms with Crippen molar-refractivity contribution in [3.63, 3.8) is 0 Å². The Hall–Kier alpha value is -1.95. The van der Waals surface area contributed by atoms with Crippen molar-refractivity contribution in [2.75, 3.05) is 13.7 Å². The molecule has 1 aromatic rings. The molecule has 1 N–H and O–H groups in total. The zero-order valence-corrected chi connectivity index (χ0v) is 13.3. The number of hydrogen-bond acceptors (Lipinski definition) is 3. The van der Waals surface area contributed by atoms with Crippen LogP contribution in [-0.2, 0) is 19.9 Å². The first-order valence-electron chi connectivity index (χ1n) is 7.87. The van der Waals surface area contributed by atoms with E-state index in [1.54, 1.807) is 30.0 Å². The third-order valence-corrected chi connectivity index (χ3v) is 5.01. The number of ether oxygens (including phenoxy) is 1. The molecule has 124 valence electrons. The number of benzene rings is 1. The average Bonchev–Trinajstić information content (AvgIpc) is 2.85. The normalized spacial score (nSPS) is 26.4. The first-order valence-corrected chi connectivity index (χ1v) is 7.87. The number of halogens is 1. The van der Waals surface area contributed by atoms with Gasteiger partial charge in [-0.1, -0.05) is 18.2 Å². The van der Waals surface area contributed by atoms with Gasteiger partial charge in [-0.2, -0.15) is 0 Å². The molecular formula is C17H21FN2O3. The zero-order chi connectivity index (χ0) is 16.6. The smallest absolute Gasteiger partial charge is 0.259 e. The summed E-state index contributed by atoms with van der Waals surface area (Å²) in [5, 5.41) is 2.83. The van der Waals surface area contributed by atoms with E-state index < -0.39 is 11.4 Å². The van der Waals surface area contributed by atoms with Crippen molar-refractivity contribution in [3.8, 4) is 0 Å². The van der Waals surface area contributed by atoms with E-state index in [9.17, 15) is 14.0 Å². The molecule has 2 heterocycles. The minimum Gasteiger partial charge on any atom is -0.364 e. The van der Waals surface area contributed by atoms with Gasteiger partial charge >= 0.3 is 0 Å². The molecule has 2 fully saturated rings. The van der Waals surface area contributed by atoms with Crippen molar-refractivity contribution in [2.24, 2.45) is 0 Å². The quantitative estimate of drug-likeness (QED) is 0.920. The van der Waals surface area contributed by atoms with E-state index in [2.05, 4.69) is 5.32 Å². The van der Waals surface area contributed by atoms with E-state index in [1.165, 1.54) is 13.2 Å². The van der Waals surface area contributed by atoms with Crippen LogP contribution < -0.4 is 5.32 Å². The van der Waals surface area contributed by atoms with E-state index in [0.717, 1.165) is 12.8 Å². The predicted molar refractivity (Wildman–Crippen MR) is 82.0 cm³/mol. The summed E-state index contributed by atoms with van der Waals surface area (Å²) in [6.45, 7) is 2.03. The molecule has 0 aliphatic carbocycles.